The number of fused-ring (bicyclic) bond motifs is 3. The van der Waals surface area contributed by atoms with E-state index in [9.17, 15) is 18.0 Å². The maximum atomic E-state index is 12.4. The summed E-state index contributed by atoms with van der Waals surface area (Å²) >= 11 is 0. The molecule has 0 amide bonds. The van der Waals surface area contributed by atoms with Crippen molar-refractivity contribution in [3.63, 3.8) is 0 Å². The summed E-state index contributed by atoms with van der Waals surface area (Å²) in [6.45, 7) is 0. The third-order valence-corrected chi connectivity index (χ3v) is 3.69. The van der Waals surface area contributed by atoms with Crippen LogP contribution in [-0.2, 0) is 4.79 Å². The Morgan fingerprint density at radius 3 is 1.86 bits per heavy atom. The molecule has 2 aromatic rings. The van der Waals surface area contributed by atoms with Crippen molar-refractivity contribution in [1.29, 1.82) is 0 Å². The molecule has 0 unspecified atom stereocenters. The van der Waals surface area contributed by atoms with Crippen molar-refractivity contribution in [3.05, 3.63) is 71.5 Å². The third-order valence-electron chi connectivity index (χ3n) is 3.69. The number of rotatable bonds is 2. The summed E-state index contributed by atoms with van der Waals surface area (Å²) in [6, 6.07) is 14.2. The average molecular weight is 304 g/mol. The van der Waals surface area contributed by atoms with E-state index in [0.717, 1.165) is 11.1 Å². The van der Waals surface area contributed by atoms with Crippen molar-refractivity contribution in [2.45, 2.75) is 12.1 Å². The third kappa shape index (κ3) is 2.28. The molecule has 0 radical (unpaired) electrons. The van der Waals surface area contributed by atoms with Crippen LogP contribution in [0.25, 0.3) is 11.1 Å². The molecule has 0 saturated carbocycles. The van der Waals surface area contributed by atoms with Crippen LogP contribution in [0.3, 0.4) is 0 Å². The lowest BCUT2D eigenvalue weighted by atomic mass is 9.92. The number of benzene rings is 2. The molecule has 1 aliphatic carbocycles. The second-order valence-corrected chi connectivity index (χ2v) is 5.04. The van der Waals surface area contributed by atoms with Gasteiger partial charge in [0.1, 0.15) is 0 Å². The van der Waals surface area contributed by atoms with E-state index < -0.39 is 23.6 Å². The minimum Gasteiger partial charge on any atom is -0.504 e. The number of ketones is 1. The fraction of sp³-hybridized carbons (Fsp3) is 0.118. The van der Waals surface area contributed by atoms with Crippen LogP contribution in [0.4, 0.5) is 13.2 Å². The molecule has 0 fully saturated rings. The molecule has 0 bridgehead atoms. The Morgan fingerprint density at radius 1 is 0.955 bits per heavy atom. The van der Waals surface area contributed by atoms with Crippen molar-refractivity contribution < 1.29 is 23.1 Å². The first kappa shape index (κ1) is 14.4. The predicted octanol–water partition coefficient (Wildman–Crippen LogP) is 4.37. The fourth-order valence-corrected chi connectivity index (χ4v) is 2.76. The summed E-state index contributed by atoms with van der Waals surface area (Å²) in [5, 5.41) is 9.03. The van der Waals surface area contributed by atoms with E-state index in [-0.39, 0.29) is 6.08 Å². The molecule has 0 aromatic heterocycles. The molecule has 0 aliphatic heterocycles. The molecule has 22 heavy (non-hydrogen) atoms. The summed E-state index contributed by atoms with van der Waals surface area (Å²) in [7, 11) is 0. The lowest BCUT2D eigenvalue weighted by Gasteiger charge is -2.11. The molecule has 2 nitrogen and oxygen atoms in total. The number of hydrogen-bond acceptors (Lipinski definition) is 2. The number of aliphatic hydroxyl groups excluding tert-OH is 1. The average Bonchev–Trinajstić information content (AvgIpc) is 2.80. The van der Waals surface area contributed by atoms with Crippen LogP contribution in [0, 0.1) is 0 Å². The van der Waals surface area contributed by atoms with Crippen molar-refractivity contribution in [2.75, 3.05) is 0 Å². The van der Waals surface area contributed by atoms with Crippen molar-refractivity contribution >= 4 is 5.78 Å². The van der Waals surface area contributed by atoms with E-state index in [1.807, 2.05) is 24.3 Å². The van der Waals surface area contributed by atoms with Crippen LogP contribution in [0.2, 0.25) is 0 Å². The number of carbonyl (C=O) groups excluding carboxylic acids is 1. The summed E-state index contributed by atoms with van der Waals surface area (Å²) in [5.74, 6) is -3.48. The van der Waals surface area contributed by atoms with Crippen LogP contribution in [0.5, 0.6) is 0 Å². The number of alkyl halides is 3. The number of allylic oxidation sites excluding steroid dienone is 2. The topological polar surface area (TPSA) is 37.3 Å². The lowest BCUT2D eigenvalue weighted by molar-refractivity contribution is -0.125. The molecule has 0 atom stereocenters. The van der Waals surface area contributed by atoms with Gasteiger partial charge in [-0.15, -0.1) is 0 Å². The van der Waals surface area contributed by atoms with E-state index >= 15 is 0 Å². The van der Waals surface area contributed by atoms with E-state index in [4.69, 9.17) is 5.11 Å². The molecule has 0 heterocycles. The first-order chi connectivity index (χ1) is 10.4. The van der Waals surface area contributed by atoms with Crippen LogP contribution in [-0.4, -0.2) is 17.1 Å². The highest BCUT2D eigenvalue weighted by Gasteiger charge is 2.37. The van der Waals surface area contributed by atoms with E-state index in [0.29, 0.717) is 11.1 Å². The first-order valence-electron chi connectivity index (χ1n) is 6.59. The Hall–Kier alpha value is -2.56. The highest BCUT2D eigenvalue weighted by Crippen LogP contribution is 2.45. The number of aliphatic hydroxyl groups is 1. The maximum Gasteiger partial charge on any atom is 0.448 e. The minimum atomic E-state index is -4.92. The predicted molar refractivity (Wildman–Crippen MR) is 75.5 cm³/mol. The van der Waals surface area contributed by atoms with Gasteiger partial charge in [-0.05, 0) is 22.3 Å². The summed E-state index contributed by atoms with van der Waals surface area (Å²) in [5.41, 5.74) is 2.97. The quantitative estimate of drug-likeness (QED) is 0.660. The van der Waals surface area contributed by atoms with Crippen LogP contribution >= 0.6 is 0 Å². The molecule has 0 saturated heterocycles. The number of carbonyl (C=O) groups is 1. The minimum absolute atomic E-state index is 0.267. The Bertz CT molecular complexity index is 730. The van der Waals surface area contributed by atoms with Gasteiger partial charge in [-0.2, -0.15) is 13.2 Å². The fourth-order valence-electron chi connectivity index (χ4n) is 2.76. The number of halogens is 3. The number of hydrogen-bond donors (Lipinski definition) is 1. The zero-order valence-corrected chi connectivity index (χ0v) is 11.3. The molecule has 1 N–H and O–H groups in total. The summed E-state index contributed by atoms with van der Waals surface area (Å²) < 4.78 is 37.3. The molecule has 1 aliphatic rings. The van der Waals surface area contributed by atoms with Gasteiger partial charge >= 0.3 is 6.18 Å². The van der Waals surface area contributed by atoms with E-state index in [1.165, 1.54) is 0 Å². The smallest absolute Gasteiger partial charge is 0.448 e. The second kappa shape index (κ2) is 5.02. The molecule has 2 aromatic carbocycles. The largest absolute Gasteiger partial charge is 0.504 e. The Kier molecular flexibility index (Phi) is 3.28. The maximum absolute atomic E-state index is 12.4. The lowest BCUT2D eigenvalue weighted by Crippen LogP contribution is -2.16. The van der Waals surface area contributed by atoms with Gasteiger partial charge in [0, 0.05) is 6.08 Å². The first-order valence-corrected chi connectivity index (χ1v) is 6.59. The van der Waals surface area contributed by atoms with Gasteiger partial charge in [0.15, 0.2) is 5.78 Å². The molecule has 3 rings (SSSR count). The van der Waals surface area contributed by atoms with Gasteiger partial charge in [-0.1, -0.05) is 48.5 Å². The zero-order chi connectivity index (χ0) is 15.9. The molecule has 0 spiro atoms. The Balaban J connectivity index is 2.10. The van der Waals surface area contributed by atoms with Crippen LogP contribution < -0.4 is 0 Å². The van der Waals surface area contributed by atoms with Crippen molar-refractivity contribution in [1.82, 2.24) is 0 Å². The van der Waals surface area contributed by atoms with Gasteiger partial charge in [0.2, 0.25) is 5.76 Å². The van der Waals surface area contributed by atoms with Gasteiger partial charge in [0.05, 0.1) is 5.92 Å². The SMILES string of the molecule is O=C(/C=C(\O)C(F)(F)F)C1c2ccccc2-c2ccccc21. The highest BCUT2D eigenvalue weighted by atomic mass is 19.4. The standard InChI is InChI=1S/C17H11F3O2/c18-17(19,20)15(22)9-14(21)16-12-7-3-1-5-10(12)11-6-2-4-8-13(11)16/h1-9,16,22H/b15-9-. The van der Waals surface area contributed by atoms with E-state index in [1.54, 1.807) is 24.3 Å². The van der Waals surface area contributed by atoms with Crippen molar-refractivity contribution in [2.24, 2.45) is 0 Å². The Labute approximate surface area is 124 Å². The van der Waals surface area contributed by atoms with Crippen LogP contribution in [0.15, 0.2) is 60.4 Å². The van der Waals surface area contributed by atoms with Crippen LogP contribution in [0.1, 0.15) is 17.0 Å². The van der Waals surface area contributed by atoms with Gasteiger partial charge < -0.3 is 5.11 Å². The monoisotopic (exact) mass is 304 g/mol. The zero-order valence-electron chi connectivity index (χ0n) is 11.3. The normalized spacial score (nSPS) is 14.6. The van der Waals surface area contributed by atoms with E-state index in [2.05, 4.69) is 0 Å². The second-order valence-electron chi connectivity index (χ2n) is 5.04. The molecule has 112 valence electrons. The van der Waals surface area contributed by atoms with Gasteiger partial charge in [0.25, 0.3) is 0 Å². The summed E-state index contributed by atoms with van der Waals surface area (Å²) in [4.78, 5) is 12.3. The van der Waals surface area contributed by atoms with Gasteiger partial charge in [-0.25, -0.2) is 0 Å². The molecular weight excluding hydrogens is 293 g/mol. The van der Waals surface area contributed by atoms with Crippen molar-refractivity contribution in [3.8, 4) is 11.1 Å². The summed E-state index contributed by atoms with van der Waals surface area (Å²) in [6.07, 6.45) is -4.66. The molecule has 5 heteroatoms. The Morgan fingerprint density at radius 2 is 1.41 bits per heavy atom. The molecular formula is C17H11F3O2. The van der Waals surface area contributed by atoms with Gasteiger partial charge in [-0.3, -0.25) is 4.79 Å². The highest BCUT2D eigenvalue weighted by molar-refractivity contribution is 6.03.